The van der Waals surface area contributed by atoms with Gasteiger partial charge >= 0.3 is 0 Å². The predicted octanol–water partition coefficient (Wildman–Crippen LogP) is 4.57. The Labute approximate surface area is 176 Å². The van der Waals surface area contributed by atoms with Gasteiger partial charge in [-0.2, -0.15) is 0 Å². The molecule has 6 heteroatoms. The van der Waals surface area contributed by atoms with Crippen molar-refractivity contribution in [3.63, 3.8) is 0 Å². The summed E-state index contributed by atoms with van der Waals surface area (Å²) in [4.78, 5) is 28.6. The Balaban J connectivity index is 1.48. The molecule has 0 radical (unpaired) electrons. The summed E-state index contributed by atoms with van der Waals surface area (Å²) in [6.45, 7) is 13.8. The van der Waals surface area contributed by atoms with E-state index in [2.05, 4.69) is 61.6 Å². The first-order chi connectivity index (χ1) is 13.8. The second-order valence-corrected chi connectivity index (χ2v) is 9.97. The molecule has 29 heavy (non-hydrogen) atoms. The fourth-order valence-electron chi connectivity index (χ4n) is 3.82. The standard InChI is InChI=1S/C23H28N4OS/c1-15-16(2)29-21-19(15)20(24-14-25-21)26-10-12-27(13-11-26)22(28)17-6-8-18(9-7-17)23(3,4)5/h6-9,14H,10-13H2,1-5H3. The number of thiophene rings is 1. The van der Waals surface area contributed by atoms with Crippen LogP contribution in [0.15, 0.2) is 30.6 Å². The van der Waals surface area contributed by atoms with E-state index in [0.717, 1.165) is 34.7 Å². The largest absolute Gasteiger partial charge is 0.352 e. The van der Waals surface area contributed by atoms with Crippen LogP contribution >= 0.6 is 11.3 Å². The zero-order valence-corrected chi connectivity index (χ0v) is 18.6. The summed E-state index contributed by atoms with van der Waals surface area (Å²) in [5, 5.41) is 1.16. The molecule has 0 atom stereocenters. The molecule has 3 aromatic rings. The Morgan fingerprint density at radius 1 is 1.00 bits per heavy atom. The van der Waals surface area contributed by atoms with E-state index in [9.17, 15) is 4.79 Å². The lowest BCUT2D eigenvalue weighted by atomic mass is 9.86. The van der Waals surface area contributed by atoms with Crippen LogP contribution in [0.25, 0.3) is 10.2 Å². The van der Waals surface area contributed by atoms with Crippen LogP contribution < -0.4 is 4.90 Å². The number of rotatable bonds is 2. The number of carbonyl (C=O) groups excluding carboxylic acids is 1. The van der Waals surface area contributed by atoms with E-state index in [1.54, 1.807) is 17.7 Å². The topological polar surface area (TPSA) is 49.3 Å². The van der Waals surface area contributed by atoms with E-state index in [1.807, 2.05) is 17.0 Å². The van der Waals surface area contributed by atoms with Crippen molar-refractivity contribution in [2.75, 3.05) is 31.1 Å². The number of anilines is 1. The first kappa shape index (κ1) is 19.8. The second kappa shape index (κ2) is 7.41. The molecule has 0 N–H and O–H groups in total. The maximum absolute atomic E-state index is 13.0. The smallest absolute Gasteiger partial charge is 0.253 e. The molecule has 0 saturated carbocycles. The van der Waals surface area contributed by atoms with E-state index < -0.39 is 0 Å². The van der Waals surface area contributed by atoms with E-state index in [-0.39, 0.29) is 11.3 Å². The molecule has 0 bridgehead atoms. The number of benzene rings is 1. The average Bonchev–Trinajstić information content (AvgIpc) is 3.01. The Kier molecular flexibility index (Phi) is 5.07. The molecule has 1 saturated heterocycles. The van der Waals surface area contributed by atoms with Gasteiger partial charge in [-0.25, -0.2) is 9.97 Å². The van der Waals surface area contributed by atoms with Gasteiger partial charge in [-0.15, -0.1) is 11.3 Å². The van der Waals surface area contributed by atoms with Crippen molar-refractivity contribution in [2.45, 2.75) is 40.0 Å². The average molecular weight is 409 g/mol. The molecule has 1 aliphatic rings. The van der Waals surface area contributed by atoms with Gasteiger partial charge in [0, 0.05) is 36.6 Å². The van der Waals surface area contributed by atoms with Gasteiger partial charge in [-0.05, 0) is 42.5 Å². The number of hydrogen-bond acceptors (Lipinski definition) is 5. The van der Waals surface area contributed by atoms with Crippen LogP contribution in [0.2, 0.25) is 0 Å². The molecule has 2 aromatic heterocycles. The fourth-order valence-corrected chi connectivity index (χ4v) is 4.81. The third kappa shape index (κ3) is 3.73. The highest BCUT2D eigenvalue weighted by atomic mass is 32.1. The molecule has 0 aliphatic carbocycles. The molecular weight excluding hydrogens is 380 g/mol. The molecule has 1 aliphatic heterocycles. The van der Waals surface area contributed by atoms with Crippen molar-refractivity contribution in [3.05, 3.63) is 52.2 Å². The number of fused-ring (bicyclic) bond motifs is 1. The Bertz CT molecular complexity index is 1040. The Hall–Kier alpha value is -2.47. The first-order valence-corrected chi connectivity index (χ1v) is 10.9. The number of hydrogen-bond donors (Lipinski definition) is 0. The van der Waals surface area contributed by atoms with E-state index >= 15 is 0 Å². The fraction of sp³-hybridized carbons (Fsp3) is 0.435. The number of amides is 1. The molecule has 5 nitrogen and oxygen atoms in total. The molecular formula is C23H28N4OS. The van der Waals surface area contributed by atoms with Crippen molar-refractivity contribution in [1.82, 2.24) is 14.9 Å². The highest BCUT2D eigenvalue weighted by molar-refractivity contribution is 7.18. The first-order valence-electron chi connectivity index (χ1n) is 10.1. The monoisotopic (exact) mass is 408 g/mol. The van der Waals surface area contributed by atoms with Crippen LogP contribution in [-0.4, -0.2) is 47.0 Å². The van der Waals surface area contributed by atoms with Crippen LogP contribution in [0.5, 0.6) is 0 Å². The summed E-state index contributed by atoms with van der Waals surface area (Å²) in [7, 11) is 0. The molecule has 3 heterocycles. The molecule has 1 amide bonds. The van der Waals surface area contributed by atoms with E-state index in [1.165, 1.54) is 16.0 Å². The van der Waals surface area contributed by atoms with Crippen molar-refractivity contribution >= 4 is 33.3 Å². The summed E-state index contributed by atoms with van der Waals surface area (Å²) in [5.74, 6) is 1.11. The van der Waals surface area contributed by atoms with Gasteiger partial charge in [-0.3, -0.25) is 4.79 Å². The minimum Gasteiger partial charge on any atom is -0.352 e. The van der Waals surface area contributed by atoms with E-state index in [0.29, 0.717) is 13.1 Å². The number of aryl methyl sites for hydroxylation is 2. The lowest BCUT2D eigenvalue weighted by molar-refractivity contribution is 0.0746. The lowest BCUT2D eigenvalue weighted by Crippen LogP contribution is -2.49. The Morgan fingerprint density at radius 3 is 2.28 bits per heavy atom. The predicted molar refractivity (Wildman–Crippen MR) is 120 cm³/mol. The molecule has 1 fully saturated rings. The maximum Gasteiger partial charge on any atom is 0.253 e. The van der Waals surface area contributed by atoms with Gasteiger partial charge in [0.1, 0.15) is 17.0 Å². The zero-order chi connectivity index (χ0) is 20.8. The molecule has 152 valence electrons. The quantitative estimate of drug-likeness (QED) is 0.623. The lowest BCUT2D eigenvalue weighted by Gasteiger charge is -2.35. The van der Waals surface area contributed by atoms with Gasteiger partial charge in [0.05, 0.1) is 5.39 Å². The number of aromatic nitrogens is 2. The number of nitrogens with zero attached hydrogens (tertiary/aromatic N) is 4. The highest BCUT2D eigenvalue weighted by Crippen LogP contribution is 2.34. The number of carbonyl (C=O) groups is 1. The Morgan fingerprint density at radius 2 is 1.66 bits per heavy atom. The summed E-state index contributed by atoms with van der Waals surface area (Å²) >= 11 is 1.72. The molecule has 4 rings (SSSR count). The van der Waals surface area contributed by atoms with Gasteiger partial charge in [-0.1, -0.05) is 32.9 Å². The zero-order valence-electron chi connectivity index (χ0n) is 17.8. The summed E-state index contributed by atoms with van der Waals surface area (Å²) in [6.07, 6.45) is 1.65. The van der Waals surface area contributed by atoms with Crippen molar-refractivity contribution in [1.29, 1.82) is 0 Å². The van der Waals surface area contributed by atoms with Gasteiger partial charge in [0.25, 0.3) is 5.91 Å². The third-order valence-electron chi connectivity index (χ3n) is 5.81. The minimum absolute atomic E-state index is 0.0915. The molecule has 1 aromatic carbocycles. The number of piperazine rings is 1. The highest BCUT2D eigenvalue weighted by Gasteiger charge is 2.25. The molecule has 0 unspecified atom stereocenters. The van der Waals surface area contributed by atoms with Crippen LogP contribution in [0.3, 0.4) is 0 Å². The third-order valence-corrected chi connectivity index (χ3v) is 6.92. The van der Waals surface area contributed by atoms with Gasteiger partial charge in [0.15, 0.2) is 0 Å². The van der Waals surface area contributed by atoms with Crippen molar-refractivity contribution < 1.29 is 4.79 Å². The van der Waals surface area contributed by atoms with Gasteiger partial charge < -0.3 is 9.80 Å². The summed E-state index contributed by atoms with van der Waals surface area (Å²) < 4.78 is 0. The normalized spacial score (nSPS) is 15.2. The van der Waals surface area contributed by atoms with Gasteiger partial charge in [0.2, 0.25) is 0 Å². The summed E-state index contributed by atoms with van der Waals surface area (Å²) in [6, 6.07) is 8.06. The second-order valence-electron chi connectivity index (χ2n) is 8.77. The van der Waals surface area contributed by atoms with Crippen molar-refractivity contribution in [2.24, 2.45) is 0 Å². The van der Waals surface area contributed by atoms with E-state index in [4.69, 9.17) is 0 Å². The maximum atomic E-state index is 13.0. The van der Waals surface area contributed by atoms with Crippen LogP contribution in [0, 0.1) is 13.8 Å². The van der Waals surface area contributed by atoms with Crippen molar-refractivity contribution in [3.8, 4) is 0 Å². The minimum atomic E-state index is 0.0915. The summed E-state index contributed by atoms with van der Waals surface area (Å²) in [5.41, 5.74) is 3.36. The van der Waals surface area contributed by atoms with Crippen LogP contribution in [0.1, 0.15) is 47.1 Å². The SMILES string of the molecule is Cc1sc2ncnc(N3CCN(C(=O)c4ccc(C(C)(C)C)cc4)CC3)c2c1C. The van der Waals surface area contributed by atoms with Crippen LogP contribution in [-0.2, 0) is 5.41 Å². The molecule has 0 spiro atoms. The van der Waals surface area contributed by atoms with Crippen LogP contribution in [0.4, 0.5) is 5.82 Å².